The van der Waals surface area contributed by atoms with Gasteiger partial charge in [-0.05, 0) is 42.9 Å². The van der Waals surface area contributed by atoms with Crippen LogP contribution in [0.25, 0.3) is 0 Å². The number of nitrogens with one attached hydrogen (secondary N) is 1. The molecular weight excluding hydrogens is 262 g/mol. The van der Waals surface area contributed by atoms with Crippen molar-refractivity contribution in [3.63, 3.8) is 0 Å². The van der Waals surface area contributed by atoms with Crippen LogP contribution < -0.4 is 0 Å². The van der Waals surface area contributed by atoms with E-state index in [0.29, 0.717) is 17.4 Å². The lowest BCUT2D eigenvalue weighted by molar-refractivity contribution is 0.0661. The summed E-state index contributed by atoms with van der Waals surface area (Å²) < 4.78 is 5.81. The van der Waals surface area contributed by atoms with Gasteiger partial charge >= 0.3 is 0 Å². The van der Waals surface area contributed by atoms with Crippen LogP contribution in [-0.2, 0) is 4.74 Å². The Morgan fingerprint density at radius 2 is 2.10 bits per heavy atom. The van der Waals surface area contributed by atoms with Crippen LogP contribution in [0, 0.1) is 10.8 Å². The van der Waals surface area contributed by atoms with Gasteiger partial charge in [-0.15, -0.1) is 0 Å². The number of H-pyrrole nitrogens is 1. The summed E-state index contributed by atoms with van der Waals surface area (Å²) in [6.45, 7) is 12.5. The lowest BCUT2D eigenvalue weighted by atomic mass is 9.73. The van der Waals surface area contributed by atoms with Crippen LogP contribution in [0.15, 0.2) is 6.33 Å². The van der Waals surface area contributed by atoms with Crippen LogP contribution in [0.4, 0.5) is 0 Å². The summed E-state index contributed by atoms with van der Waals surface area (Å²) in [5, 5.41) is 7.10. The largest absolute Gasteiger partial charge is 0.378 e. The molecule has 2 rings (SSSR count). The molecule has 1 aliphatic heterocycles. The second-order valence-corrected chi connectivity index (χ2v) is 8.33. The van der Waals surface area contributed by atoms with Crippen LogP contribution in [0.5, 0.6) is 0 Å². The van der Waals surface area contributed by atoms with Gasteiger partial charge in [0.15, 0.2) is 0 Å². The summed E-state index contributed by atoms with van der Waals surface area (Å²) in [6.07, 6.45) is 8.04. The third kappa shape index (κ3) is 4.80. The van der Waals surface area contributed by atoms with Crippen molar-refractivity contribution in [3.05, 3.63) is 12.2 Å². The minimum absolute atomic E-state index is 0.194. The SMILES string of the molecule is CC(C)(CCC(c1ncn[nH]1)C(C)(C)C)CC1CCCO1. The standard InChI is InChI=1S/C17H31N3O/c1-16(2,3)14(15-18-12-19-20-15)8-9-17(4,5)11-13-7-6-10-21-13/h12-14H,6-11H2,1-5H3,(H,18,19,20). The van der Waals surface area contributed by atoms with E-state index in [4.69, 9.17) is 4.74 Å². The topological polar surface area (TPSA) is 50.8 Å². The van der Waals surface area contributed by atoms with Crippen molar-refractivity contribution >= 4 is 0 Å². The highest BCUT2D eigenvalue weighted by Crippen LogP contribution is 2.41. The zero-order chi connectivity index (χ0) is 15.5. The van der Waals surface area contributed by atoms with Crippen molar-refractivity contribution in [3.8, 4) is 0 Å². The predicted molar refractivity (Wildman–Crippen MR) is 85.2 cm³/mol. The molecular formula is C17H31N3O. The highest BCUT2D eigenvalue weighted by Gasteiger charge is 2.32. The first-order valence-corrected chi connectivity index (χ1v) is 8.25. The Morgan fingerprint density at radius 1 is 1.33 bits per heavy atom. The normalized spacial score (nSPS) is 21.7. The van der Waals surface area contributed by atoms with Gasteiger partial charge in [0.25, 0.3) is 0 Å². The van der Waals surface area contributed by atoms with Gasteiger partial charge in [0.1, 0.15) is 12.2 Å². The number of hydrogen-bond donors (Lipinski definition) is 1. The average Bonchev–Trinajstić information content (AvgIpc) is 2.99. The third-order valence-electron chi connectivity index (χ3n) is 4.72. The van der Waals surface area contributed by atoms with Crippen LogP contribution in [0.1, 0.15) is 78.5 Å². The number of rotatable bonds is 6. The van der Waals surface area contributed by atoms with Gasteiger partial charge < -0.3 is 4.74 Å². The van der Waals surface area contributed by atoms with E-state index in [0.717, 1.165) is 18.9 Å². The van der Waals surface area contributed by atoms with Crippen LogP contribution >= 0.6 is 0 Å². The number of aromatic amines is 1. The highest BCUT2D eigenvalue weighted by molar-refractivity contribution is 4.99. The van der Waals surface area contributed by atoms with Crippen molar-refractivity contribution in [2.75, 3.05) is 6.61 Å². The molecule has 0 aromatic carbocycles. The molecule has 0 bridgehead atoms. The molecule has 4 nitrogen and oxygen atoms in total. The monoisotopic (exact) mass is 293 g/mol. The second-order valence-electron chi connectivity index (χ2n) is 8.33. The molecule has 0 radical (unpaired) electrons. The molecule has 2 atom stereocenters. The van der Waals surface area contributed by atoms with E-state index in [9.17, 15) is 0 Å². The van der Waals surface area contributed by atoms with Gasteiger partial charge in [-0.2, -0.15) is 5.10 Å². The van der Waals surface area contributed by atoms with Gasteiger partial charge in [-0.3, -0.25) is 5.10 Å². The van der Waals surface area contributed by atoms with Crippen molar-refractivity contribution in [1.82, 2.24) is 15.2 Å². The first kappa shape index (κ1) is 16.5. The van der Waals surface area contributed by atoms with E-state index < -0.39 is 0 Å². The summed E-state index contributed by atoms with van der Waals surface area (Å²) in [6, 6.07) is 0. The van der Waals surface area contributed by atoms with E-state index in [-0.39, 0.29) is 5.41 Å². The summed E-state index contributed by atoms with van der Waals surface area (Å²) in [5.74, 6) is 1.44. The zero-order valence-electron chi connectivity index (χ0n) is 14.3. The van der Waals surface area contributed by atoms with E-state index >= 15 is 0 Å². The first-order valence-electron chi connectivity index (χ1n) is 8.25. The molecule has 1 N–H and O–H groups in total. The molecule has 1 saturated heterocycles. The molecule has 2 unspecified atom stereocenters. The molecule has 21 heavy (non-hydrogen) atoms. The maximum Gasteiger partial charge on any atom is 0.137 e. The molecule has 0 aliphatic carbocycles. The predicted octanol–water partition coefficient (Wildman–Crippen LogP) is 4.31. The third-order valence-corrected chi connectivity index (χ3v) is 4.72. The molecule has 1 aliphatic rings. The highest BCUT2D eigenvalue weighted by atomic mass is 16.5. The number of hydrogen-bond acceptors (Lipinski definition) is 3. The fourth-order valence-electron chi connectivity index (χ4n) is 3.42. The molecule has 4 heteroatoms. The lowest BCUT2D eigenvalue weighted by Crippen LogP contribution is -2.25. The van der Waals surface area contributed by atoms with Gasteiger partial charge in [0.2, 0.25) is 0 Å². The van der Waals surface area contributed by atoms with Gasteiger partial charge in [-0.1, -0.05) is 34.6 Å². The maximum atomic E-state index is 5.81. The Hall–Kier alpha value is -0.900. The Bertz CT molecular complexity index is 414. The first-order chi connectivity index (χ1) is 9.78. The molecule has 2 heterocycles. The molecule has 0 spiro atoms. The average molecular weight is 293 g/mol. The summed E-state index contributed by atoms with van der Waals surface area (Å²) >= 11 is 0. The number of nitrogens with zero attached hydrogens (tertiary/aromatic N) is 2. The summed E-state index contributed by atoms with van der Waals surface area (Å²) in [7, 11) is 0. The quantitative estimate of drug-likeness (QED) is 0.850. The van der Waals surface area contributed by atoms with Crippen molar-refractivity contribution in [1.29, 1.82) is 0 Å². The van der Waals surface area contributed by atoms with Crippen molar-refractivity contribution in [2.45, 2.75) is 78.7 Å². The Kier molecular flexibility index (Phi) is 5.07. The molecule has 1 fully saturated rings. The summed E-state index contributed by atoms with van der Waals surface area (Å²) in [4.78, 5) is 4.40. The minimum atomic E-state index is 0.194. The Morgan fingerprint density at radius 3 is 2.62 bits per heavy atom. The van der Waals surface area contributed by atoms with Crippen LogP contribution in [0.3, 0.4) is 0 Å². The fraction of sp³-hybridized carbons (Fsp3) is 0.882. The van der Waals surface area contributed by atoms with Gasteiger partial charge in [0, 0.05) is 12.5 Å². The van der Waals surface area contributed by atoms with Crippen molar-refractivity contribution in [2.24, 2.45) is 10.8 Å². The van der Waals surface area contributed by atoms with E-state index in [1.165, 1.54) is 25.7 Å². The van der Waals surface area contributed by atoms with E-state index in [2.05, 4.69) is 49.8 Å². The Labute approximate surface area is 129 Å². The fourth-order valence-corrected chi connectivity index (χ4v) is 3.42. The smallest absolute Gasteiger partial charge is 0.137 e. The van der Waals surface area contributed by atoms with E-state index in [1.807, 2.05) is 0 Å². The number of aromatic nitrogens is 3. The molecule has 1 aromatic heterocycles. The van der Waals surface area contributed by atoms with Crippen molar-refractivity contribution < 1.29 is 4.74 Å². The van der Waals surface area contributed by atoms with Gasteiger partial charge in [0.05, 0.1) is 6.10 Å². The lowest BCUT2D eigenvalue weighted by Gasteiger charge is -2.33. The zero-order valence-corrected chi connectivity index (χ0v) is 14.3. The van der Waals surface area contributed by atoms with Gasteiger partial charge in [-0.25, -0.2) is 4.98 Å². The molecule has 120 valence electrons. The van der Waals surface area contributed by atoms with Crippen LogP contribution in [-0.4, -0.2) is 27.9 Å². The van der Waals surface area contributed by atoms with E-state index in [1.54, 1.807) is 6.33 Å². The second kappa shape index (κ2) is 6.47. The molecule has 0 amide bonds. The molecule has 0 saturated carbocycles. The molecule has 1 aromatic rings. The number of ether oxygens (including phenoxy) is 1. The summed E-state index contributed by atoms with van der Waals surface area (Å²) in [5.41, 5.74) is 0.512. The Balaban J connectivity index is 1.94. The van der Waals surface area contributed by atoms with Crippen LogP contribution in [0.2, 0.25) is 0 Å². The maximum absolute atomic E-state index is 5.81. The minimum Gasteiger partial charge on any atom is -0.378 e.